The minimum atomic E-state index is -0.158. The van der Waals surface area contributed by atoms with E-state index in [0.29, 0.717) is 18.1 Å². The summed E-state index contributed by atoms with van der Waals surface area (Å²) >= 11 is 0. The van der Waals surface area contributed by atoms with Crippen LogP contribution in [0.25, 0.3) is 0 Å². The highest BCUT2D eigenvalue weighted by Gasteiger charge is 2.11. The van der Waals surface area contributed by atoms with Crippen LogP contribution in [0.1, 0.15) is 16.1 Å². The molecule has 4 heteroatoms. The zero-order valence-corrected chi connectivity index (χ0v) is 11.4. The minimum Gasteiger partial charge on any atom is -0.339 e. The summed E-state index contributed by atoms with van der Waals surface area (Å²) in [6.45, 7) is 0.665. The zero-order chi connectivity index (χ0) is 14.5. The molecule has 0 saturated carbocycles. The van der Waals surface area contributed by atoms with Gasteiger partial charge in [0.2, 0.25) is 0 Å². The van der Waals surface area contributed by atoms with Gasteiger partial charge < -0.3 is 9.88 Å². The Morgan fingerprint density at radius 3 is 2.57 bits per heavy atom. The molecular weight excluding hydrogens is 262 g/mol. The highest BCUT2D eigenvalue weighted by Crippen LogP contribution is 2.10. The lowest BCUT2D eigenvalue weighted by atomic mass is 10.2. The third-order valence-electron chi connectivity index (χ3n) is 3.16. The average molecular weight is 277 g/mol. The number of carbonyl (C=O) groups is 1. The number of rotatable bonds is 4. The van der Waals surface area contributed by atoms with Gasteiger partial charge in [-0.3, -0.25) is 4.79 Å². The molecule has 104 valence electrons. The smallest absolute Gasteiger partial charge is 0.273 e. The highest BCUT2D eigenvalue weighted by molar-refractivity contribution is 6.02. The van der Waals surface area contributed by atoms with Crippen LogP contribution in [-0.4, -0.2) is 15.5 Å². The quantitative estimate of drug-likeness (QED) is 0.796. The van der Waals surface area contributed by atoms with Crippen molar-refractivity contribution in [1.29, 1.82) is 0 Å². The van der Waals surface area contributed by atoms with Crippen LogP contribution in [0, 0.1) is 0 Å². The van der Waals surface area contributed by atoms with E-state index in [2.05, 4.69) is 10.3 Å². The van der Waals surface area contributed by atoms with Crippen LogP contribution >= 0.6 is 0 Å². The van der Waals surface area contributed by atoms with Gasteiger partial charge in [-0.15, -0.1) is 0 Å². The third kappa shape index (κ3) is 3.17. The first kappa shape index (κ1) is 13.1. The molecule has 0 spiro atoms. The molecule has 0 atom stereocenters. The van der Waals surface area contributed by atoms with Crippen LogP contribution in [0.2, 0.25) is 0 Å². The van der Waals surface area contributed by atoms with Crippen LogP contribution in [0.3, 0.4) is 0 Å². The first-order valence-corrected chi connectivity index (χ1v) is 6.74. The topological polar surface area (TPSA) is 46.9 Å². The molecule has 0 fully saturated rings. The van der Waals surface area contributed by atoms with Crippen molar-refractivity contribution in [2.45, 2.75) is 6.54 Å². The fourth-order valence-electron chi connectivity index (χ4n) is 2.16. The Bertz CT molecular complexity index is 720. The number of anilines is 1. The molecule has 0 saturated heterocycles. The zero-order valence-electron chi connectivity index (χ0n) is 11.4. The number of hydrogen-bond acceptors (Lipinski definition) is 2. The number of aromatic nitrogens is 2. The van der Waals surface area contributed by atoms with Gasteiger partial charge in [0.1, 0.15) is 11.5 Å². The molecule has 21 heavy (non-hydrogen) atoms. The maximum absolute atomic E-state index is 12.3. The average Bonchev–Trinajstić information content (AvgIpc) is 2.97. The molecule has 0 aliphatic rings. The first-order chi connectivity index (χ1) is 10.3. The lowest BCUT2D eigenvalue weighted by molar-refractivity contribution is 0.101. The molecular formula is C17H15N3O. The second-order valence-corrected chi connectivity index (χ2v) is 4.68. The maximum Gasteiger partial charge on any atom is 0.273 e. The van der Waals surface area contributed by atoms with Crippen LogP contribution in [0.15, 0.2) is 73.1 Å². The number of benzene rings is 1. The van der Waals surface area contributed by atoms with Crippen molar-refractivity contribution in [3.63, 3.8) is 0 Å². The predicted octanol–water partition coefficient (Wildman–Crippen LogP) is 3.18. The van der Waals surface area contributed by atoms with E-state index in [9.17, 15) is 4.79 Å². The Balaban J connectivity index is 1.77. The SMILES string of the molecule is O=C(Nc1ccccn1)c1cccn1Cc1ccccc1. The molecule has 0 aliphatic carbocycles. The monoisotopic (exact) mass is 277 g/mol. The summed E-state index contributed by atoms with van der Waals surface area (Å²) < 4.78 is 1.92. The summed E-state index contributed by atoms with van der Waals surface area (Å²) in [6, 6.07) is 19.1. The molecule has 0 unspecified atom stereocenters. The molecule has 3 rings (SSSR count). The predicted molar refractivity (Wildman–Crippen MR) is 82.2 cm³/mol. The van der Waals surface area contributed by atoms with E-state index in [1.807, 2.05) is 59.3 Å². The maximum atomic E-state index is 12.3. The number of amides is 1. The van der Waals surface area contributed by atoms with Gasteiger partial charge in [0.15, 0.2) is 0 Å². The largest absolute Gasteiger partial charge is 0.339 e. The van der Waals surface area contributed by atoms with Crippen molar-refractivity contribution in [2.24, 2.45) is 0 Å². The summed E-state index contributed by atoms with van der Waals surface area (Å²) in [7, 11) is 0. The fraction of sp³-hybridized carbons (Fsp3) is 0.0588. The summed E-state index contributed by atoms with van der Waals surface area (Å²) in [5, 5.41) is 2.80. The van der Waals surface area contributed by atoms with Gasteiger partial charge in [-0.25, -0.2) is 4.98 Å². The van der Waals surface area contributed by atoms with Gasteiger partial charge in [0.05, 0.1) is 0 Å². The van der Waals surface area contributed by atoms with E-state index < -0.39 is 0 Å². The lowest BCUT2D eigenvalue weighted by Gasteiger charge is -2.09. The first-order valence-electron chi connectivity index (χ1n) is 6.74. The van der Waals surface area contributed by atoms with Crippen molar-refractivity contribution in [2.75, 3.05) is 5.32 Å². The van der Waals surface area contributed by atoms with Crippen LogP contribution in [-0.2, 0) is 6.54 Å². The van der Waals surface area contributed by atoms with E-state index in [1.54, 1.807) is 18.3 Å². The van der Waals surface area contributed by atoms with Crippen molar-refractivity contribution in [3.8, 4) is 0 Å². The molecule has 0 radical (unpaired) electrons. The van der Waals surface area contributed by atoms with E-state index >= 15 is 0 Å². The summed E-state index contributed by atoms with van der Waals surface area (Å²) in [4.78, 5) is 16.4. The highest BCUT2D eigenvalue weighted by atomic mass is 16.2. The number of carbonyl (C=O) groups excluding carboxylic acids is 1. The third-order valence-corrected chi connectivity index (χ3v) is 3.16. The van der Waals surface area contributed by atoms with Crippen LogP contribution < -0.4 is 5.32 Å². The Kier molecular flexibility index (Phi) is 3.78. The van der Waals surface area contributed by atoms with Gasteiger partial charge in [0, 0.05) is 18.9 Å². The van der Waals surface area contributed by atoms with Crippen LogP contribution in [0.4, 0.5) is 5.82 Å². The van der Waals surface area contributed by atoms with Gasteiger partial charge in [-0.05, 0) is 29.8 Å². The molecule has 3 aromatic rings. The second-order valence-electron chi connectivity index (χ2n) is 4.68. The fourth-order valence-corrected chi connectivity index (χ4v) is 2.16. The van der Waals surface area contributed by atoms with E-state index in [-0.39, 0.29) is 5.91 Å². The Morgan fingerprint density at radius 1 is 1.00 bits per heavy atom. The second kappa shape index (κ2) is 6.05. The molecule has 4 nitrogen and oxygen atoms in total. The van der Waals surface area contributed by atoms with Gasteiger partial charge >= 0.3 is 0 Å². The molecule has 2 heterocycles. The number of nitrogens with zero attached hydrogens (tertiary/aromatic N) is 2. The van der Waals surface area contributed by atoms with Crippen molar-refractivity contribution in [3.05, 3.63) is 84.3 Å². The number of nitrogens with one attached hydrogen (secondary N) is 1. The Hall–Kier alpha value is -2.88. The normalized spacial score (nSPS) is 10.3. The molecule has 2 aromatic heterocycles. The van der Waals surface area contributed by atoms with E-state index in [4.69, 9.17) is 0 Å². The molecule has 1 aromatic carbocycles. The molecule has 0 aliphatic heterocycles. The van der Waals surface area contributed by atoms with Crippen LogP contribution in [0.5, 0.6) is 0 Å². The Labute approximate surface area is 123 Å². The van der Waals surface area contributed by atoms with Gasteiger partial charge in [-0.2, -0.15) is 0 Å². The molecule has 1 amide bonds. The van der Waals surface area contributed by atoms with Crippen molar-refractivity contribution >= 4 is 11.7 Å². The summed E-state index contributed by atoms with van der Waals surface area (Å²) in [5.41, 5.74) is 1.77. The van der Waals surface area contributed by atoms with Gasteiger partial charge in [-0.1, -0.05) is 36.4 Å². The number of hydrogen-bond donors (Lipinski definition) is 1. The molecule has 1 N–H and O–H groups in total. The van der Waals surface area contributed by atoms with Crippen molar-refractivity contribution in [1.82, 2.24) is 9.55 Å². The van der Waals surface area contributed by atoms with E-state index in [1.165, 1.54) is 0 Å². The summed E-state index contributed by atoms with van der Waals surface area (Å²) in [6.07, 6.45) is 3.55. The van der Waals surface area contributed by atoms with E-state index in [0.717, 1.165) is 5.56 Å². The molecule has 0 bridgehead atoms. The van der Waals surface area contributed by atoms with Gasteiger partial charge in [0.25, 0.3) is 5.91 Å². The standard InChI is InChI=1S/C17H15N3O/c21-17(19-16-10-4-5-11-18-16)15-9-6-12-20(15)13-14-7-2-1-3-8-14/h1-12H,13H2,(H,18,19,21). The summed E-state index contributed by atoms with van der Waals surface area (Å²) in [5.74, 6) is 0.393. The minimum absolute atomic E-state index is 0.158. The van der Waals surface area contributed by atoms with Crippen molar-refractivity contribution < 1.29 is 4.79 Å². The Morgan fingerprint density at radius 2 is 1.81 bits per heavy atom. The lowest BCUT2D eigenvalue weighted by Crippen LogP contribution is -2.17. The number of pyridine rings is 1.